The van der Waals surface area contributed by atoms with Gasteiger partial charge in [0.2, 0.25) is 6.10 Å². The van der Waals surface area contributed by atoms with Crippen molar-refractivity contribution in [2.24, 2.45) is 0 Å². The quantitative estimate of drug-likeness (QED) is 0.364. The Kier molecular flexibility index (Phi) is 4.46. The van der Waals surface area contributed by atoms with Crippen molar-refractivity contribution in [3.63, 3.8) is 0 Å². The van der Waals surface area contributed by atoms with Crippen molar-refractivity contribution in [2.75, 3.05) is 6.26 Å². The molecule has 1 aliphatic rings. The summed E-state index contributed by atoms with van der Waals surface area (Å²) in [5, 5.41) is 11.0. The van der Waals surface area contributed by atoms with E-state index in [0.717, 1.165) is 6.07 Å². The van der Waals surface area contributed by atoms with Crippen LogP contribution in [0.1, 0.15) is 23.7 Å². The molecule has 112 valence electrons. The molecular formula is C13H13NO6S. The topological polar surface area (TPSA) is 95.7 Å². The molecule has 1 aliphatic heterocycles. The van der Waals surface area contributed by atoms with Gasteiger partial charge < -0.3 is 9.47 Å². The predicted octanol–water partition coefficient (Wildman–Crippen LogP) is 2.18. The van der Waals surface area contributed by atoms with Crippen LogP contribution in [0.15, 0.2) is 23.1 Å². The van der Waals surface area contributed by atoms with Crippen LogP contribution in [0.3, 0.4) is 0 Å². The van der Waals surface area contributed by atoms with Crippen LogP contribution in [0.25, 0.3) is 0 Å². The summed E-state index contributed by atoms with van der Waals surface area (Å²) in [6, 6.07) is 4.07. The minimum Gasteiger partial charge on any atom is -0.460 e. The van der Waals surface area contributed by atoms with Crippen molar-refractivity contribution in [3.8, 4) is 0 Å². The molecule has 0 unspecified atom stereocenters. The molecule has 7 nitrogen and oxygen atoms in total. The second kappa shape index (κ2) is 6.13. The number of benzene rings is 1. The Labute approximate surface area is 124 Å². The lowest BCUT2D eigenvalue weighted by atomic mass is 10.2. The molecule has 21 heavy (non-hydrogen) atoms. The maximum atomic E-state index is 12.0. The summed E-state index contributed by atoms with van der Waals surface area (Å²) in [6.45, 7) is 1.70. The van der Waals surface area contributed by atoms with E-state index >= 15 is 0 Å². The van der Waals surface area contributed by atoms with Crippen LogP contribution in [-0.4, -0.2) is 35.3 Å². The van der Waals surface area contributed by atoms with Crippen molar-refractivity contribution >= 4 is 29.4 Å². The highest BCUT2D eigenvalue weighted by atomic mass is 32.2. The number of carbonyl (C=O) groups is 2. The van der Waals surface area contributed by atoms with Gasteiger partial charge in [-0.1, -0.05) is 0 Å². The van der Waals surface area contributed by atoms with E-state index in [0.29, 0.717) is 4.90 Å². The summed E-state index contributed by atoms with van der Waals surface area (Å²) in [5.74, 6) is -1.37. The minimum atomic E-state index is -0.952. The molecular weight excluding hydrogens is 298 g/mol. The molecule has 0 aromatic heterocycles. The van der Waals surface area contributed by atoms with E-state index in [1.807, 2.05) is 0 Å². The molecule has 0 amide bonds. The highest BCUT2D eigenvalue weighted by Gasteiger charge is 2.35. The van der Waals surface area contributed by atoms with Gasteiger partial charge in [0, 0.05) is 12.5 Å². The van der Waals surface area contributed by atoms with E-state index in [2.05, 4.69) is 0 Å². The maximum Gasteiger partial charge on any atom is 0.347 e. The largest absolute Gasteiger partial charge is 0.460 e. The molecule has 0 radical (unpaired) electrons. The summed E-state index contributed by atoms with van der Waals surface area (Å²) >= 11 is 1.21. The molecule has 0 saturated carbocycles. The highest BCUT2D eigenvalue weighted by Crippen LogP contribution is 2.29. The number of ether oxygens (including phenoxy) is 2. The van der Waals surface area contributed by atoms with Crippen LogP contribution < -0.4 is 0 Å². The van der Waals surface area contributed by atoms with Gasteiger partial charge in [-0.05, 0) is 25.3 Å². The third kappa shape index (κ3) is 3.33. The number of nitro benzene ring substituents is 1. The lowest BCUT2D eigenvalue weighted by Crippen LogP contribution is -2.22. The zero-order valence-electron chi connectivity index (χ0n) is 11.4. The molecule has 1 aromatic carbocycles. The molecule has 2 atom stereocenters. The van der Waals surface area contributed by atoms with Crippen molar-refractivity contribution in [1.29, 1.82) is 0 Å². The van der Waals surface area contributed by atoms with Crippen LogP contribution in [0.5, 0.6) is 0 Å². The van der Waals surface area contributed by atoms with Gasteiger partial charge in [-0.2, -0.15) is 0 Å². The first-order valence-electron chi connectivity index (χ1n) is 6.16. The molecule has 1 saturated heterocycles. The van der Waals surface area contributed by atoms with E-state index in [9.17, 15) is 19.7 Å². The molecule has 1 fully saturated rings. The fraction of sp³-hybridized carbons (Fsp3) is 0.385. The van der Waals surface area contributed by atoms with E-state index in [-0.39, 0.29) is 23.8 Å². The fourth-order valence-electron chi connectivity index (χ4n) is 1.97. The second-order valence-electron chi connectivity index (χ2n) is 4.52. The van der Waals surface area contributed by atoms with Gasteiger partial charge in [0.05, 0.1) is 15.4 Å². The minimum absolute atomic E-state index is 0.0341. The smallest absolute Gasteiger partial charge is 0.347 e. The number of thioether (sulfide) groups is 1. The van der Waals surface area contributed by atoms with Crippen LogP contribution in [0, 0.1) is 10.1 Å². The number of rotatable bonds is 4. The van der Waals surface area contributed by atoms with E-state index in [4.69, 9.17) is 9.47 Å². The highest BCUT2D eigenvalue weighted by molar-refractivity contribution is 7.98. The summed E-state index contributed by atoms with van der Waals surface area (Å²) in [7, 11) is 0. The van der Waals surface area contributed by atoms with E-state index in [1.54, 1.807) is 13.2 Å². The predicted molar refractivity (Wildman–Crippen MR) is 74.3 cm³/mol. The van der Waals surface area contributed by atoms with Gasteiger partial charge in [-0.25, -0.2) is 9.59 Å². The number of hydrogen-bond donors (Lipinski definition) is 0. The number of esters is 2. The Morgan fingerprint density at radius 1 is 1.52 bits per heavy atom. The third-order valence-corrected chi connectivity index (χ3v) is 3.77. The Morgan fingerprint density at radius 3 is 2.76 bits per heavy atom. The monoisotopic (exact) mass is 311 g/mol. The van der Waals surface area contributed by atoms with Crippen molar-refractivity contribution < 1.29 is 24.0 Å². The fourth-order valence-corrected chi connectivity index (χ4v) is 2.52. The zero-order chi connectivity index (χ0) is 15.6. The molecule has 0 spiro atoms. The Hall–Kier alpha value is -2.09. The Bertz CT molecular complexity index is 602. The van der Waals surface area contributed by atoms with Crippen LogP contribution in [-0.2, 0) is 14.3 Å². The first kappa shape index (κ1) is 15.3. The molecule has 8 heteroatoms. The number of carbonyl (C=O) groups excluding carboxylic acids is 2. The normalized spacial score (nSPS) is 21.0. The lowest BCUT2D eigenvalue weighted by molar-refractivity contribution is -0.387. The SMILES string of the molecule is CSc1ccc(C(=O)O[C@H]2C[C@H](C)OC2=O)cc1[N+](=O)[O-]. The average Bonchev–Trinajstić information content (AvgIpc) is 2.75. The zero-order valence-corrected chi connectivity index (χ0v) is 12.2. The summed E-state index contributed by atoms with van der Waals surface area (Å²) < 4.78 is 9.93. The first-order chi connectivity index (χ1) is 9.92. The first-order valence-corrected chi connectivity index (χ1v) is 7.38. The number of hydrogen-bond acceptors (Lipinski definition) is 7. The van der Waals surface area contributed by atoms with Gasteiger partial charge in [0.1, 0.15) is 6.10 Å². The molecule has 0 aliphatic carbocycles. The van der Waals surface area contributed by atoms with Gasteiger partial charge in [0.25, 0.3) is 5.69 Å². The van der Waals surface area contributed by atoms with Gasteiger partial charge in [-0.3, -0.25) is 10.1 Å². The lowest BCUT2D eigenvalue weighted by Gasteiger charge is -2.08. The van der Waals surface area contributed by atoms with Gasteiger partial charge >= 0.3 is 11.9 Å². The standard InChI is InChI=1S/C13H13NO6S/c1-7-5-10(13(16)19-7)20-12(15)8-3-4-11(21-2)9(6-8)14(17)18/h3-4,6-7,10H,5H2,1-2H3/t7-,10-/m0/s1. The summed E-state index contributed by atoms with van der Waals surface area (Å²) in [6.07, 6.45) is 0.738. The average molecular weight is 311 g/mol. The van der Waals surface area contributed by atoms with E-state index < -0.39 is 23.0 Å². The van der Waals surface area contributed by atoms with Crippen LogP contribution in [0.2, 0.25) is 0 Å². The molecule has 0 N–H and O–H groups in total. The van der Waals surface area contributed by atoms with Crippen LogP contribution >= 0.6 is 11.8 Å². The molecule has 1 heterocycles. The number of nitro groups is 1. The van der Waals surface area contributed by atoms with Crippen molar-refractivity contribution in [2.45, 2.75) is 30.4 Å². The Balaban J connectivity index is 2.18. The van der Waals surface area contributed by atoms with Gasteiger partial charge in [-0.15, -0.1) is 11.8 Å². The van der Waals surface area contributed by atoms with E-state index in [1.165, 1.54) is 23.9 Å². The van der Waals surface area contributed by atoms with Crippen molar-refractivity contribution in [1.82, 2.24) is 0 Å². The summed E-state index contributed by atoms with van der Waals surface area (Å²) in [4.78, 5) is 34.2. The third-order valence-electron chi connectivity index (χ3n) is 2.99. The van der Waals surface area contributed by atoms with Crippen LogP contribution in [0.4, 0.5) is 5.69 Å². The van der Waals surface area contributed by atoms with Gasteiger partial charge in [0.15, 0.2) is 0 Å². The Morgan fingerprint density at radius 2 is 2.24 bits per heavy atom. The molecule has 2 rings (SSSR count). The molecule has 1 aromatic rings. The molecule has 0 bridgehead atoms. The van der Waals surface area contributed by atoms with Crippen molar-refractivity contribution in [3.05, 3.63) is 33.9 Å². The maximum absolute atomic E-state index is 12.0. The second-order valence-corrected chi connectivity index (χ2v) is 5.37. The number of nitrogens with zero attached hydrogens (tertiary/aromatic N) is 1. The summed E-state index contributed by atoms with van der Waals surface area (Å²) in [5.41, 5.74) is -0.133. The number of cyclic esters (lactones) is 1.